The third-order valence-corrected chi connectivity index (χ3v) is 4.57. The number of para-hydroxylation sites is 1. The van der Waals surface area contributed by atoms with Crippen LogP contribution >= 0.6 is 0 Å². The second-order valence-corrected chi connectivity index (χ2v) is 5.97. The summed E-state index contributed by atoms with van der Waals surface area (Å²) in [5, 5.41) is 7.78. The highest BCUT2D eigenvalue weighted by molar-refractivity contribution is 7.90. The first kappa shape index (κ1) is 15.5. The Balaban J connectivity index is 2.62. The number of sulfonamides is 1. The van der Waals surface area contributed by atoms with E-state index in [4.69, 9.17) is 10.00 Å². The number of benzene rings is 1. The molecule has 104 valence electrons. The lowest BCUT2D eigenvalue weighted by Gasteiger charge is -2.11. The van der Waals surface area contributed by atoms with Gasteiger partial charge in [0.15, 0.2) is 5.25 Å². The first-order valence-corrected chi connectivity index (χ1v) is 7.59. The molecule has 0 amide bonds. The van der Waals surface area contributed by atoms with Gasteiger partial charge in [0, 0.05) is 6.54 Å². The zero-order valence-corrected chi connectivity index (χ0v) is 11.9. The number of hydrogen-bond acceptors (Lipinski definition) is 4. The van der Waals surface area contributed by atoms with Crippen LogP contribution in [-0.4, -0.2) is 27.3 Å². The van der Waals surface area contributed by atoms with Crippen LogP contribution in [0.1, 0.15) is 18.9 Å². The van der Waals surface area contributed by atoms with Crippen molar-refractivity contribution < 1.29 is 13.2 Å². The molecule has 0 saturated heterocycles. The molecule has 1 rings (SSSR count). The Morgan fingerprint density at radius 1 is 1.42 bits per heavy atom. The van der Waals surface area contributed by atoms with Crippen LogP contribution in [0.2, 0.25) is 0 Å². The van der Waals surface area contributed by atoms with Gasteiger partial charge in [0.25, 0.3) is 0 Å². The maximum absolute atomic E-state index is 11.8. The van der Waals surface area contributed by atoms with Crippen LogP contribution in [0.25, 0.3) is 0 Å². The van der Waals surface area contributed by atoms with Gasteiger partial charge in [-0.25, -0.2) is 13.1 Å². The highest BCUT2D eigenvalue weighted by Crippen LogP contribution is 2.17. The lowest BCUT2D eigenvalue weighted by atomic mass is 10.1. The fourth-order valence-electron chi connectivity index (χ4n) is 1.72. The number of ether oxygens (including phenoxy) is 1. The van der Waals surface area contributed by atoms with E-state index in [-0.39, 0.29) is 13.0 Å². The molecule has 0 radical (unpaired) electrons. The van der Waals surface area contributed by atoms with Crippen molar-refractivity contribution in [3.05, 3.63) is 29.8 Å². The van der Waals surface area contributed by atoms with E-state index in [1.165, 1.54) is 0 Å². The van der Waals surface area contributed by atoms with Crippen LogP contribution in [0, 0.1) is 11.3 Å². The summed E-state index contributed by atoms with van der Waals surface area (Å²) in [6.07, 6.45) is 0.797. The molecule has 1 N–H and O–H groups in total. The molecule has 6 heteroatoms. The van der Waals surface area contributed by atoms with E-state index in [0.29, 0.717) is 6.42 Å². The minimum absolute atomic E-state index is 0.251. The standard InChI is InChI=1S/C13H18N2O3S/c1-3-12(10-14)19(16,17)15-9-8-11-6-4-5-7-13(11)18-2/h4-7,12,15H,3,8-9H2,1-2H3. The van der Waals surface area contributed by atoms with Gasteiger partial charge >= 0.3 is 0 Å². The monoisotopic (exact) mass is 282 g/mol. The number of rotatable bonds is 7. The Kier molecular flexibility index (Phi) is 5.80. The normalized spacial score (nSPS) is 12.7. The van der Waals surface area contributed by atoms with E-state index in [1.54, 1.807) is 20.1 Å². The Morgan fingerprint density at radius 3 is 2.68 bits per heavy atom. The summed E-state index contributed by atoms with van der Waals surface area (Å²) in [6, 6.07) is 9.23. The molecule has 1 aromatic carbocycles. The van der Waals surface area contributed by atoms with Crippen molar-refractivity contribution in [1.82, 2.24) is 4.72 Å². The highest BCUT2D eigenvalue weighted by Gasteiger charge is 2.22. The Hall–Kier alpha value is -1.58. The summed E-state index contributed by atoms with van der Waals surface area (Å²) in [5.74, 6) is 0.731. The molecule has 0 aromatic heterocycles. The fourth-order valence-corrected chi connectivity index (χ4v) is 2.88. The van der Waals surface area contributed by atoms with E-state index in [9.17, 15) is 8.42 Å². The van der Waals surface area contributed by atoms with Gasteiger partial charge in [-0.1, -0.05) is 25.1 Å². The summed E-state index contributed by atoms with van der Waals surface area (Å²) in [6.45, 7) is 1.92. The van der Waals surface area contributed by atoms with Gasteiger partial charge in [0.05, 0.1) is 13.2 Å². The lowest BCUT2D eigenvalue weighted by molar-refractivity contribution is 0.409. The zero-order chi connectivity index (χ0) is 14.3. The number of nitriles is 1. The Morgan fingerprint density at radius 2 is 2.11 bits per heavy atom. The minimum atomic E-state index is -3.56. The Bertz CT molecular complexity index is 549. The number of nitrogens with one attached hydrogen (secondary N) is 1. The smallest absolute Gasteiger partial charge is 0.227 e. The lowest BCUT2D eigenvalue weighted by Crippen LogP contribution is -2.34. The highest BCUT2D eigenvalue weighted by atomic mass is 32.2. The van der Waals surface area contributed by atoms with Gasteiger partial charge in [-0.2, -0.15) is 5.26 Å². The average molecular weight is 282 g/mol. The van der Waals surface area contributed by atoms with Crippen LogP contribution in [0.5, 0.6) is 5.75 Å². The van der Waals surface area contributed by atoms with Crippen LogP contribution in [-0.2, 0) is 16.4 Å². The molecule has 0 fully saturated rings. The summed E-state index contributed by atoms with van der Waals surface area (Å²) >= 11 is 0. The van der Waals surface area contributed by atoms with Gasteiger partial charge in [0.1, 0.15) is 5.75 Å². The maximum Gasteiger partial charge on any atom is 0.227 e. The van der Waals surface area contributed by atoms with E-state index in [0.717, 1.165) is 11.3 Å². The fraction of sp³-hybridized carbons (Fsp3) is 0.462. The third kappa shape index (κ3) is 4.23. The van der Waals surface area contributed by atoms with Crippen molar-refractivity contribution in [3.63, 3.8) is 0 Å². The maximum atomic E-state index is 11.8. The zero-order valence-electron chi connectivity index (χ0n) is 11.1. The Labute approximate surface area is 114 Å². The van der Waals surface area contributed by atoms with Gasteiger partial charge in [0.2, 0.25) is 10.0 Å². The largest absolute Gasteiger partial charge is 0.496 e. The van der Waals surface area contributed by atoms with Gasteiger partial charge in [-0.15, -0.1) is 0 Å². The molecule has 1 aromatic rings. The molecule has 1 atom stereocenters. The first-order valence-electron chi connectivity index (χ1n) is 6.05. The molecule has 1 unspecified atom stereocenters. The van der Waals surface area contributed by atoms with Crippen molar-refractivity contribution in [3.8, 4) is 11.8 Å². The van der Waals surface area contributed by atoms with Crippen LogP contribution in [0.15, 0.2) is 24.3 Å². The summed E-state index contributed by atoms with van der Waals surface area (Å²) in [4.78, 5) is 0. The van der Waals surface area contributed by atoms with Crippen molar-refractivity contribution >= 4 is 10.0 Å². The van der Waals surface area contributed by atoms with Crippen molar-refractivity contribution in [1.29, 1.82) is 5.26 Å². The number of methoxy groups -OCH3 is 1. The van der Waals surface area contributed by atoms with Crippen LogP contribution in [0.4, 0.5) is 0 Å². The van der Waals surface area contributed by atoms with Crippen molar-refractivity contribution in [2.45, 2.75) is 25.0 Å². The number of hydrogen-bond donors (Lipinski definition) is 1. The summed E-state index contributed by atoms with van der Waals surface area (Å²) in [5.41, 5.74) is 0.928. The van der Waals surface area contributed by atoms with E-state index in [2.05, 4.69) is 4.72 Å². The molecule has 0 saturated carbocycles. The van der Waals surface area contributed by atoms with Gasteiger partial charge < -0.3 is 4.74 Å². The van der Waals surface area contributed by atoms with E-state index in [1.807, 2.05) is 24.3 Å². The van der Waals surface area contributed by atoms with Crippen molar-refractivity contribution in [2.24, 2.45) is 0 Å². The minimum Gasteiger partial charge on any atom is -0.496 e. The third-order valence-electron chi connectivity index (χ3n) is 2.78. The molecule has 0 bridgehead atoms. The molecular formula is C13H18N2O3S. The quantitative estimate of drug-likeness (QED) is 0.821. The van der Waals surface area contributed by atoms with Crippen LogP contribution in [0.3, 0.4) is 0 Å². The second kappa shape index (κ2) is 7.12. The van der Waals surface area contributed by atoms with Gasteiger partial charge in [-0.05, 0) is 24.5 Å². The molecule has 19 heavy (non-hydrogen) atoms. The first-order chi connectivity index (χ1) is 9.05. The second-order valence-electron chi connectivity index (χ2n) is 4.03. The molecule has 0 aliphatic carbocycles. The SMILES string of the molecule is CCC(C#N)S(=O)(=O)NCCc1ccccc1OC. The predicted molar refractivity (Wildman–Crippen MR) is 73.3 cm³/mol. The van der Waals surface area contributed by atoms with E-state index < -0.39 is 15.3 Å². The molecule has 0 aliphatic rings. The molecular weight excluding hydrogens is 264 g/mol. The molecule has 0 spiro atoms. The average Bonchev–Trinajstić information content (AvgIpc) is 2.40. The van der Waals surface area contributed by atoms with Crippen LogP contribution < -0.4 is 9.46 Å². The van der Waals surface area contributed by atoms with E-state index >= 15 is 0 Å². The molecule has 0 heterocycles. The number of nitrogens with zero attached hydrogens (tertiary/aromatic N) is 1. The summed E-state index contributed by atoms with van der Waals surface area (Å²) < 4.78 is 31.2. The predicted octanol–water partition coefficient (Wildman–Crippen LogP) is 1.46. The molecule has 5 nitrogen and oxygen atoms in total. The topological polar surface area (TPSA) is 79.2 Å². The molecule has 0 aliphatic heterocycles. The van der Waals surface area contributed by atoms with Gasteiger partial charge in [-0.3, -0.25) is 0 Å². The van der Waals surface area contributed by atoms with Crippen molar-refractivity contribution in [2.75, 3.05) is 13.7 Å². The summed E-state index contributed by atoms with van der Waals surface area (Å²) in [7, 11) is -1.99.